The Morgan fingerprint density at radius 3 is 1.43 bits per heavy atom. The first kappa shape index (κ1) is 49.8. The van der Waals surface area contributed by atoms with Gasteiger partial charge in [-0.2, -0.15) is 0 Å². The lowest BCUT2D eigenvalue weighted by molar-refractivity contribution is -0.171. The third kappa shape index (κ3) is 31.1. The maximum Gasteiger partial charge on any atom is 0.306 e. The van der Waals surface area contributed by atoms with Crippen LogP contribution in [0.2, 0.25) is 0 Å². The highest BCUT2D eigenvalue weighted by Crippen LogP contribution is 2.15. The van der Waals surface area contributed by atoms with E-state index in [1.165, 1.54) is 96.3 Å². The van der Waals surface area contributed by atoms with Crippen LogP contribution in [0.25, 0.3) is 0 Å². The molecule has 2 atom stereocenters. The van der Waals surface area contributed by atoms with E-state index < -0.39 is 24.1 Å². The maximum absolute atomic E-state index is 12.8. The molecule has 314 valence electrons. The highest BCUT2D eigenvalue weighted by molar-refractivity contribution is 5.83. The summed E-state index contributed by atoms with van der Waals surface area (Å²) < 4.78 is 17.2. The van der Waals surface area contributed by atoms with E-state index in [0.717, 1.165) is 90.1 Å². The molecule has 0 aliphatic carbocycles. The summed E-state index contributed by atoms with van der Waals surface area (Å²) in [5.41, 5.74) is 5.71. The number of likely N-dealkylation sites (tertiary alicyclic amines) is 1. The van der Waals surface area contributed by atoms with E-state index in [1.807, 2.05) is 0 Å². The smallest absolute Gasteiger partial charge is 0.306 e. The molecule has 1 fully saturated rings. The van der Waals surface area contributed by atoms with E-state index in [9.17, 15) is 14.4 Å². The zero-order valence-electron chi connectivity index (χ0n) is 35.2. The molecule has 8 heteroatoms. The Hall–Kier alpha value is -2.19. The quantitative estimate of drug-likeness (QED) is 0.0377. The van der Waals surface area contributed by atoms with Crippen molar-refractivity contribution in [2.75, 3.05) is 32.8 Å². The molecule has 1 aliphatic rings. The predicted molar refractivity (Wildman–Crippen MR) is 224 cm³/mol. The van der Waals surface area contributed by atoms with E-state index in [2.05, 4.69) is 43.1 Å². The zero-order chi connectivity index (χ0) is 39.2. The predicted octanol–water partition coefficient (Wildman–Crippen LogP) is 11.5. The van der Waals surface area contributed by atoms with Crippen LogP contribution in [0.15, 0.2) is 24.3 Å². The Kier molecular flexibility index (Phi) is 34.8. The molecule has 1 amide bonds. The van der Waals surface area contributed by atoms with Gasteiger partial charge in [-0.25, -0.2) is 0 Å². The van der Waals surface area contributed by atoms with Crippen molar-refractivity contribution in [1.29, 1.82) is 0 Å². The van der Waals surface area contributed by atoms with Gasteiger partial charge in [0.15, 0.2) is 0 Å². The van der Waals surface area contributed by atoms with Crippen molar-refractivity contribution in [2.45, 2.75) is 219 Å². The number of hydrogen-bond acceptors (Lipinski definition) is 7. The van der Waals surface area contributed by atoms with Crippen LogP contribution in [0.4, 0.5) is 0 Å². The first-order valence-corrected chi connectivity index (χ1v) is 22.8. The molecule has 1 heterocycles. The molecule has 0 aromatic heterocycles. The fraction of sp³-hybridized carbons (Fsp3) is 0.848. The van der Waals surface area contributed by atoms with E-state index in [0.29, 0.717) is 26.0 Å². The number of rotatable bonds is 39. The molecule has 1 aliphatic heterocycles. The largest absolute Gasteiger partial charge is 0.463 e. The average Bonchev–Trinajstić information content (AvgIpc) is 3.69. The molecule has 2 N–H and O–H groups in total. The molecule has 0 bridgehead atoms. The molecule has 0 saturated carbocycles. The molecular formula is C46H84N2O6. The van der Waals surface area contributed by atoms with Gasteiger partial charge in [0.1, 0.15) is 12.7 Å². The number of esters is 2. The van der Waals surface area contributed by atoms with E-state index in [-0.39, 0.29) is 19.0 Å². The second kappa shape index (κ2) is 37.7. The van der Waals surface area contributed by atoms with Crippen LogP contribution in [-0.4, -0.2) is 67.8 Å². The van der Waals surface area contributed by atoms with Gasteiger partial charge in [0, 0.05) is 19.4 Å². The van der Waals surface area contributed by atoms with Crippen LogP contribution in [-0.2, 0) is 28.6 Å². The molecule has 8 nitrogen and oxygen atoms in total. The lowest BCUT2D eigenvalue weighted by atomic mass is 10.1. The Balaban J connectivity index is 2.30. The van der Waals surface area contributed by atoms with Crippen LogP contribution >= 0.6 is 0 Å². The second-order valence-corrected chi connectivity index (χ2v) is 15.6. The van der Waals surface area contributed by atoms with Crippen molar-refractivity contribution >= 4 is 17.8 Å². The first-order valence-electron chi connectivity index (χ1n) is 22.8. The average molecular weight is 761 g/mol. The number of unbranched alkanes of at least 4 members (excludes halogenated alkanes) is 22. The molecule has 0 aromatic carbocycles. The first-order chi connectivity index (χ1) is 26.5. The lowest BCUT2D eigenvalue weighted by Gasteiger charge is -2.26. The van der Waals surface area contributed by atoms with Gasteiger partial charge in [0.25, 0.3) is 5.91 Å². The molecule has 0 spiro atoms. The van der Waals surface area contributed by atoms with Gasteiger partial charge in [-0.15, -0.1) is 0 Å². The number of nitrogens with zero attached hydrogens (tertiary/aromatic N) is 1. The lowest BCUT2D eigenvalue weighted by Crippen LogP contribution is -2.47. The van der Waals surface area contributed by atoms with Crippen molar-refractivity contribution in [1.82, 2.24) is 4.90 Å². The number of primary amides is 1. The number of carbonyl (C=O) groups excluding carboxylic acids is 3. The number of allylic oxidation sites excluding steroid dienone is 4. The second-order valence-electron chi connectivity index (χ2n) is 15.6. The summed E-state index contributed by atoms with van der Waals surface area (Å²) in [4.78, 5) is 40.2. The molecule has 54 heavy (non-hydrogen) atoms. The van der Waals surface area contributed by atoms with Crippen molar-refractivity contribution in [3.8, 4) is 0 Å². The van der Waals surface area contributed by atoms with Gasteiger partial charge in [-0.05, 0) is 90.1 Å². The molecule has 2 unspecified atom stereocenters. The highest BCUT2D eigenvalue weighted by Gasteiger charge is 2.32. The SMILES string of the molecule is CCCCCCCC/C=C\CCCCCCCC(=O)OCC(OCCN1CCCC1)C(OC(=O)CCCCCCC/C=C\CCCCCCCC)C(N)=O. The number of nitrogens with two attached hydrogens (primary N) is 1. The monoisotopic (exact) mass is 761 g/mol. The summed E-state index contributed by atoms with van der Waals surface area (Å²) in [6.07, 6.45) is 40.8. The van der Waals surface area contributed by atoms with Gasteiger partial charge >= 0.3 is 11.9 Å². The fourth-order valence-electron chi connectivity index (χ4n) is 7.01. The minimum absolute atomic E-state index is 0.168. The summed E-state index contributed by atoms with van der Waals surface area (Å²) in [5.74, 6) is -1.58. The maximum atomic E-state index is 12.8. The summed E-state index contributed by atoms with van der Waals surface area (Å²) in [6, 6.07) is 0. The Morgan fingerprint density at radius 1 is 0.574 bits per heavy atom. The minimum Gasteiger partial charge on any atom is -0.463 e. The fourth-order valence-corrected chi connectivity index (χ4v) is 7.01. The van der Waals surface area contributed by atoms with Crippen molar-refractivity contribution < 1.29 is 28.6 Å². The normalized spacial score (nSPS) is 14.6. The number of amides is 1. The van der Waals surface area contributed by atoms with Gasteiger partial charge < -0.3 is 24.8 Å². The minimum atomic E-state index is -1.30. The van der Waals surface area contributed by atoms with E-state index in [1.54, 1.807) is 0 Å². The van der Waals surface area contributed by atoms with Crippen LogP contribution in [0.3, 0.4) is 0 Å². The summed E-state index contributed by atoms with van der Waals surface area (Å²) in [6.45, 7) is 7.42. The van der Waals surface area contributed by atoms with Crippen LogP contribution in [0.5, 0.6) is 0 Å². The topological polar surface area (TPSA) is 108 Å². The Labute approximate surface area is 332 Å². The summed E-state index contributed by atoms with van der Waals surface area (Å²) in [5, 5.41) is 0. The van der Waals surface area contributed by atoms with Crippen LogP contribution < -0.4 is 5.73 Å². The molecule has 1 saturated heterocycles. The summed E-state index contributed by atoms with van der Waals surface area (Å²) in [7, 11) is 0. The van der Waals surface area contributed by atoms with Crippen molar-refractivity contribution in [2.24, 2.45) is 5.73 Å². The van der Waals surface area contributed by atoms with E-state index in [4.69, 9.17) is 19.9 Å². The third-order valence-corrected chi connectivity index (χ3v) is 10.5. The van der Waals surface area contributed by atoms with Crippen LogP contribution in [0, 0.1) is 0 Å². The molecule has 0 radical (unpaired) electrons. The number of hydrogen-bond donors (Lipinski definition) is 1. The van der Waals surface area contributed by atoms with Gasteiger partial charge in [0.2, 0.25) is 6.10 Å². The number of ether oxygens (including phenoxy) is 3. The van der Waals surface area contributed by atoms with Gasteiger partial charge in [-0.3, -0.25) is 14.4 Å². The van der Waals surface area contributed by atoms with Crippen LogP contribution in [0.1, 0.15) is 206 Å². The standard InChI is InChI=1S/C46H84N2O6/c1-3-5-7-9-11-13-15-17-19-21-23-25-27-29-31-35-43(49)53-41-42(52-40-39-48-37-33-34-38-48)45(46(47)51)54-44(50)36-32-30-28-26-24-22-20-18-16-14-12-10-8-6-4-2/h17-20,42,45H,3-16,21-41H2,1-2H3,(H2,47,51)/b19-17-,20-18-. The van der Waals surface area contributed by atoms with E-state index >= 15 is 0 Å². The molecule has 0 aromatic rings. The van der Waals surface area contributed by atoms with Crippen molar-refractivity contribution in [3.05, 3.63) is 24.3 Å². The Bertz CT molecular complexity index is 947. The summed E-state index contributed by atoms with van der Waals surface area (Å²) >= 11 is 0. The van der Waals surface area contributed by atoms with Crippen molar-refractivity contribution in [3.63, 3.8) is 0 Å². The molecule has 1 rings (SSSR count). The highest BCUT2D eigenvalue weighted by atomic mass is 16.6. The zero-order valence-corrected chi connectivity index (χ0v) is 35.2. The number of carbonyl (C=O) groups is 3. The van der Waals surface area contributed by atoms with Gasteiger partial charge in [0.05, 0.1) is 6.61 Å². The van der Waals surface area contributed by atoms with Gasteiger partial charge in [-0.1, -0.05) is 141 Å². The Morgan fingerprint density at radius 2 is 0.981 bits per heavy atom. The third-order valence-electron chi connectivity index (χ3n) is 10.5. The molecular weight excluding hydrogens is 677 g/mol.